The number of hydrogen-bond acceptors (Lipinski definition) is 2. The summed E-state index contributed by atoms with van der Waals surface area (Å²) in [6.07, 6.45) is 15.9. The van der Waals surface area contributed by atoms with Crippen molar-refractivity contribution in [2.45, 2.75) is 57.8 Å². The number of unbranched alkanes of at least 4 members (excludes halogenated alkanes) is 8. The number of carbonyl (C=O) groups excluding carboxylic acids is 1. The molecule has 0 aliphatic heterocycles. The van der Waals surface area contributed by atoms with Gasteiger partial charge in [-0.3, -0.25) is 9.59 Å². The van der Waals surface area contributed by atoms with Crippen molar-refractivity contribution in [1.82, 2.24) is 5.32 Å². The summed E-state index contributed by atoms with van der Waals surface area (Å²) in [6.45, 7) is -0.328. The molecule has 0 rings (SSSR count). The van der Waals surface area contributed by atoms with Crippen molar-refractivity contribution in [2.75, 3.05) is 6.54 Å². The van der Waals surface area contributed by atoms with Crippen LogP contribution < -0.4 is 5.32 Å². The average molecular weight is 439 g/mol. The monoisotopic (exact) mass is 437 g/mol. The molecular weight excluding hydrogens is 414 g/mol. The van der Waals surface area contributed by atoms with Crippen LogP contribution in [0.5, 0.6) is 0 Å². The van der Waals surface area contributed by atoms with Gasteiger partial charge < -0.3 is 10.4 Å². The first-order valence-electron chi connectivity index (χ1n) is 7.69. The second-order valence-electron chi connectivity index (χ2n) is 5.06. The van der Waals surface area contributed by atoms with Gasteiger partial charge in [0.05, 0.1) is 3.39 Å². The number of rotatable bonds is 13. The molecule has 0 saturated heterocycles. The van der Waals surface area contributed by atoms with Crippen LogP contribution in [0.1, 0.15) is 57.8 Å². The first-order valence-corrected chi connectivity index (χ1v) is 9.28. The van der Waals surface area contributed by atoms with Gasteiger partial charge in [-0.1, -0.05) is 44.3 Å². The molecule has 0 aromatic rings. The van der Waals surface area contributed by atoms with E-state index in [2.05, 4.69) is 43.3 Å². The van der Waals surface area contributed by atoms with Gasteiger partial charge in [0.2, 0.25) is 5.91 Å². The fraction of sp³-hybridized carbons (Fsp3) is 0.625. The number of hydrogen-bond donors (Lipinski definition) is 2. The van der Waals surface area contributed by atoms with Gasteiger partial charge in [0.1, 0.15) is 6.54 Å². The Hall–Kier alpha value is -0.620. The van der Waals surface area contributed by atoms with E-state index in [4.69, 9.17) is 5.11 Å². The van der Waals surface area contributed by atoms with Crippen LogP contribution in [0, 0.1) is 0 Å². The largest absolute Gasteiger partial charge is 0.480 e. The molecule has 0 radical (unpaired) electrons. The molecule has 4 nitrogen and oxygen atoms in total. The van der Waals surface area contributed by atoms with Crippen LogP contribution in [-0.2, 0) is 9.59 Å². The second-order valence-corrected chi connectivity index (χ2v) is 7.83. The summed E-state index contributed by atoms with van der Waals surface area (Å²) in [5.74, 6) is -1.37. The predicted molar refractivity (Wildman–Crippen MR) is 97.3 cm³/mol. The minimum atomic E-state index is -1.03. The molecule has 0 spiro atoms. The number of aliphatic carboxylic acids is 1. The second kappa shape index (κ2) is 15.3. The van der Waals surface area contributed by atoms with Gasteiger partial charge in [0.25, 0.3) is 0 Å². The van der Waals surface area contributed by atoms with Crippen LogP contribution in [0.15, 0.2) is 21.6 Å². The Morgan fingerprint density at radius 3 is 2.00 bits per heavy atom. The molecule has 0 aromatic heterocycles. The Labute approximate surface area is 149 Å². The lowest BCUT2D eigenvalue weighted by molar-refractivity contribution is -0.137. The summed E-state index contributed by atoms with van der Waals surface area (Å²) < 4.78 is 1.03. The lowest BCUT2D eigenvalue weighted by Crippen LogP contribution is -2.27. The molecule has 6 heteroatoms. The van der Waals surface area contributed by atoms with E-state index < -0.39 is 5.97 Å². The number of allylic oxidation sites excluding steroid dienone is 2. The maximum atomic E-state index is 11.2. The van der Waals surface area contributed by atoms with Crippen molar-refractivity contribution in [3.8, 4) is 0 Å². The molecule has 0 unspecified atom stereocenters. The van der Waals surface area contributed by atoms with Crippen molar-refractivity contribution in [2.24, 2.45) is 0 Å². The Kier molecular flexibility index (Phi) is 14.9. The van der Waals surface area contributed by atoms with Crippen molar-refractivity contribution < 1.29 is 14.7 Å². The Balaban J connectivity index is 3.31. The maximum Gasteiger partial charge on any atom is 0.322 e. The molecule has 0 aromatic carbocycles. The van der Waals surface area contributed by atoms with E-state index in [9.17, 15) is 9.59 Å². The smallest absolute Gasteiger partial charge is 0.322 e. The molecule has 2 N–H and O–H groups in total. The van der Waals surface area contributed by atoms with E-state index in [1.165, 1.54) is 44.6 Å². The lowest BCUT2D eigenvalue weighted by atomic mass is 10.1. The van der Waals surface area contributed by atoms with Gasteiger partial charge in [0, 0.05) is 0 Å². The third kappa shape index (κ3) is 17.4. The molecule has 0 bridgehead atoms. The summed E-state index contributed by atoms with van der Waals surface area (Å²) in [5, 5.41) is 10.7. The minimum absolute atomic E-state index is 0.328. The van der Waals surface area contributed by atoms with Crippen LogP contribution in [0.4, 0.5) is 0 Å². The molecule has 0 aliphatic rings. The van der Waals surface area contributed by atoms with Crippen LogP contribution in [-0.4, -0.2) is 23.5 Å². The van der Waals surface area contributed by atoms with E-state index >= 15 is 0 Å². The van der Waals surface area contributed by atoms with E-state index in [1.54, 1.807) is 0 Å². The summed E-state index contributed by atoms with van der Waals surface area (Å²) in [5.41, 5.74) is 0. The molecular formula is C16H25Br2NO3. The predicted octanol–water partition coefficient (Wildman–Crippen LogP) is 4.89. The fourth-order valence-electron chi connectivity index (χ4n) is 1.91. The quantitative estimate of drug-likeness (QED) is 0.318. The Morgan fingerprint density at radius 2 is 1.45 bits per heavy atom. The van der Waals surface area contributed by atoms with Gasteiger partial charge in [-0.15, -0.1) is 0 Å². The summed E-state index contributed by atoms with van der Waals surface area (Å²) in [7, 11) is 0. The third-order valence-electron chi connectivity index (χ3n) is 3.06. The Bertz CT molecular complexity index is 378. The molecule has 22 heavy (non-hydrogen) atoms. The number of carboxylic acid groups (broad SMARTS) is 1. The fourth-order valence-corrected chi connectivity index (χ4v) is 2.37. The van der Waals surface area contributed by atoms with Gasteiger partial charge >= 0.3 is 5.97 Å². The van der Waals surface area contributed by atoms with Crippen molar-refractivity contribution in [3.05, 3.63) is 21.6 Å². The molecule has 0 fully saturated rings. The van der Waals surface area contributed by atoms with E-state index in [0.717, 1.165) is 22.7 Å². The first-order chi connectivity index (χ1) is 10.5. The highest BCUT2D eigenvalue weighted by atomic mass is 79.9. The summed E-state index contributed by atoms with van der Waals surface area (Å²) in [6, 6.07) is 0. The topological polar surface area (TPSA) is 66.4 Å². The van der Waals surface area contributed by atoms with Crippen molar-refractivity contribution in [1.29, 1.82) is 0 Å². The van der Waals surface area contributed by atoms with Crippen molar-refractivity contribution >= 4 is 43.7 Å². The van der Waals surface area contributed by atoms with Gasteiger partial charge in [-0.05, 0) is 63.6 Å². The van der Waals surface area contributed by atoms with Crippen LogP contribution in [0.2, 0.25) is 0 Å². The first kappa shape index (κ1) is 21.4. The van der Waals surface area contributed by atoms with E-state index in [-0.39, 0.29) is 12.5 Å². The molecule has 0 aliphatic carbocycles. The van der Waals surface area contributed by atoms with E-state index in [1.807, 2.05) is 6.08 Å². The van der Waals surface area contributed by atoms with Crippen LogP contribution in [0.3, 0.4) is 0 Å². The SMILES string of the molecule is O=C(O)CNC(=O)/C=C/CCCCCCCCCC=C(Br)Br. The maximum absolute atomic E-state index is 11.2. The zero-order chi connectivity index (χ0) is 16.6. The van der Waals surface area contributed by atoms with Gasteiger partial charge in [-0.25, -0.2) is 0 Å². The number of carboxylic acids is 1. The number of amides is 1. The lowest BCUT2D eigenvalue weighted by Gasteiger charge is -2.00. The standard InChI is InChI=1S/C16H25Br2NO3/c17-14(18)11-9-7-5-3-1-2-4-6-8-10-12-15(20)19-13-16(21)22/h10-12H,1-9,13H2,(H,19,20)(H,21,22)/b12-10+. The highest BCUT2D eigenvalue weighted by Crippen LogP contribution is 2.16. The molecule has 126 valence electrons. The third-order valence-corrected chi connectivity index (χ3v) is 3.70. The minimum Gasteiger partial charge on any atom is -0.480 e. The summed E-state index contributed by atoms with van der Waals surface area (Å²) >= 11 is 6.69. The average Bonchev–Trinajstić information content (AvgIpc) is 2.45. The zero-order valence-electron chi connectivity index (χ0n) is 12.8. The molecule has 0 saturated carbocycles. The highest BCUT2D eigenvalue weighted by molar-refractivity contribution is 9.28. The number of carbonyl (C=O) groups is 2. The Morgan fingerprint density at radius 1 is 0.909 bits per heavy atom. The van der Waals surface area contributed by atoms with Crippen molar-refractivity contribution in [3.63, 3.8) is 0 Å². The highest BCUT2D eigenvalue weighted by Gasteiger charge is 1.98. The molecule has 0 atom stereocenters. The van der Waals surface area contributed by atoms with Gasteiger partial charge in [0.15, 0.2) is 0 Å². The van der Waals surface area contributed by atoms with E-state index in [0.29, 0.717) is 0 Å². The van der Waals surface area contributed by atoms with Gasteiger partial charge in [-0.2, -0.15) is 0 Å². The zero-order valence-corrected chi connectivity index (χ0v) is 16.0. The number of nitrogens with one attached hydrogen (secondary N) is 1. The van der Waals surface area contributed by atoms with Crippen LogP contribution in [0.25, 0.3) is 0 Å². The molecule has 1 amide bonds. The number of halogens is 2. The van der Waals surface area contributed by atoms with Crippen LogP contribution >= 0.6 is 31.9 Å². The normalized spacial score (nSPS) is 10.6. The summed E-state index contributed by atoms with van der Waals surface area (Å²) in [4.78, 5) is 21.4. The molecule has 0 heterocycles.